The van der Waals surface area contributed by atoms with Crippen LogP contribution >= 0.6 is 27.3 Å². The topological polar surface area (TPSA) is 109 Å². The first-order chi connectivity index (χ1) is 18.3. The Morgan fingerprint density at radius 1 is 1.08 bits per heavy atom. The van der Waals surface area contributed by atoms with Gasteiger partial charge in [-0.15, -0.1) is 0 Å². The highest BCUT2D eigenvalue weighted by Crippen LogP contribution is 2.35. The van der Waals surface area contributed by atoms with Crippen molar-refractivity contribution in [2.24, 2.45) is 4.99 Å². The number of phenols is 1. The second-order valence-electron chi connectivity index (χ2n) is 8.02. The lowest BCUT2D eigenvalue weighted by atomic mass is 9.97. The molecule has 0 bridgehead atoms. The van der Waals surface area contributed by atoms with E-state index in [2.05, 4.69) is 20.9 Å². The molecule has 2 aromatic carbocycles. The zero-order chi connectivity index (χ0) is 27.4. The van der Waals surface area contributed by atoms with Gasteiger partial charge in [0.25, 0.3) is 5.56 Å². The molecule has 0 spiro atoms. The number of nitrogens with zero attached hydrogens (tertiary/aromatic N) is 2. The van der Waals surface area contributed by atoms with Gasteiger partial charge in [-0.1, -0.05) is 33.3 Å². The molecule has 0 saturated heterocycles. The van der Waals surface area contributed by atoms with Crippen molar-refractivity contribution in [3.05, 3.63) is 77.4 Å². The minimum Gasteiger partial charge on any atom is -0.504 e. The molecule has 4 rings (SSSR count). The van der Waals surface area contributed by atoms with Gasteiger partial charge < -0.3 is 24.1 Å². The van der Waals surface area contributed by atoms with Crippen molar-refractivity contribution in [1.29, 1.82) is 0 Å². The number of halogens is 1. The molecule has 200 valence electrons. The largest absolute Gasteiger partial charge is 0.504 e. The molecule has 0 unspecified atom stereocenters. The number of carbonyl (C=O) groups is 1. The van der Waals surface area contributed by atoms with Crippen molar-refractivity contribution in [2.45, 2.75) is 26.8 Å². The molecule has 0 amide bonds. The van der Waals surface area contributed by atoms with Gasteiger partial charge in [-0.05, 0) is 62.2 Å². The number of aromatic nitrogens is 1. The number of methoxy groups -OCH3 is 1. The molecule has 3 aromatic rings. The maximum atomic E-state index is 13.8. The van der Waals surface area contributed by atoms with E-state index in [1.54, 1.807) is 30.3 Å². The second-order valence-corrected chi connectivity index (χ2v) is 9.89. The summed E-state index contributed by atoms with van der Waals surface area (Å²) in [5.74, 6) is 0.768. The average Bonchev–Trinajstić information content (AvgIpc) is 3.22. The van der Waals surface area contributed by atoms with E-state index in [4.69, 9.17) is 18.9 Å². The maximum Gasteiger partial charge on any atom is 0.337 e. The van der Waals surface area contributed by atoms with Crippen LogP contribution in [0.5, 0.6) is 23.0 Å². The SMILES string of the molecule is CCOc1cc(/C=c2\sc3n(c2=O)[C@H](c2ccc(OCC)c(OCC)c2)C(C(=O)OC)=CN=3)c(Br)cc1O. The van der Waals surface area contributed by atoms with Crippen molar-refractivity contribution in [2.75, 3.05) is 26.9 Å². The van der Waals surface area contributed by atoms with Crippen LogP contribution in [-0.4, -0.2) is 42.6 Å². The number of thiazole rings is 1. The van der Waals surface area contributed by atoms with E-state index < -0.39 is 12.0 Å². The van der Waals surface area contributed by atoms with E-state index in [1.807, 2.05) is 20.8 Å². The summed E-state index contributed by atoms with van der Waals surface area (Å²) in [7, 11) is 1.29. The number of aromatic hydroxyl groups is 1. The Morgan fingerprint density at radius 3 is 2.45 bits per heavy atom. The van der Waals surface area contributed by atoms with Gasteiger partial charge in [0.2, 0.25) is 0 Å². The summed E-state index contributed by atoms with van der Waals surface area (Å²) >= 11 is 4.63. The van der Waals surface area contributed by atoms with Crippen LogP contribution in [0.2, 0.25) is 0 Å². The summed E-state index contributed by atoms with van der Waals surface area (Å²) in [5.41, 5.74) is 1.15. The molecule has 38 heavy (non-hydrogen) atoms. The van der Waals surface area contributed by atoms with Gasteiger partial charge in [0.05, 0.1) is 43.1 Å². The molecular weight excluding hydrogens is 576 g/mol. The Labute approximate surface area is 231 Å². The standard InChI is InChI=1S/C27H27BrN2O7S/c1-5-35-20-9-8-15(10-22(20)37-7-3)24-17(26(33)34-4)14-29-27-30(24)25(32)23(38-27)12-16-11-21(36-6-2)19(31)13-18(16)28/h8-14,24,31H,5-7H2,1-4H3/b23-12-/t24-/m1/s1. The summed E-state index contributed by atoms with van der Waals surface area (Å²) in [6.07, 6.45) is 3.13. The minimum atomic E-state index is -0.794. The third-order valence-corrected chi connectivity index (χ3v) is 7.36. The van der Waals surface area contributed by atoms with Gasteiger partial charge >= 0.3 is 5.97 Å². The normalized spacial score (nSPS) is 14.8. The molecule has 9 nitrogen and oxygen atoms in total. The van der Waals surface area contributed by atoms with Crippen LogP contribution in [0.15, 0.2) is 56.4 Å². The lowest BCUT2D eigenvalue weighted by Gasteiger charge is -2.23. The van der Waals surface area contributed by atoms with Crippen LogP contribution in [-0.2, 0) is 9.53 Å². The highest BCUT2D eigenvalue weighted by molar-refractivity contribution is 9.10. The van der Waals surface area contributed by atoms with E-state index in [9.17, 15) is 14.7 Å². The number of fused-ring (bicyclic) bond motifs is 1. The molecule has 1 aromatic heterocycles. The second kappa shape index (κ2) is 11.9. The lowest BCUT2D eigenvalue weighted by molar-refractivity contribution is -0.136. The highest BCUT2D eigenvalue weighted by atomic mass is 79.9. The first kappa shape index (κ1) is 27.5. The van der Waals surface area contributed by atoms with Crippen molar-refractivity contribution in [3.8, 4) is 23.0 Å². The van der Waals surface area contributed by atoms with Crippen LogP contribution in [0, 0.1) is 0 Å². The zero-order valence-electron chi connectivity index (χ0n) is 21.3. The summed E-state index contributed by atoms with van der Waals surface area (Å²) in [6.45, 7) is 6.80. The van der Waals surface area contributed by atoms with Gasteiger partial charge in [-0.2, -0.15) is 0 Å². The van der Waals surface area contributed by atoms with Crippen molar-refractivity contribution >= 4 is 39.3 Å². The number of hydrogen-bond acceptors (Lipinski definition) is 9. The molecule has 0 radical (unpaired) electrons. The number of ether oxygens (including phenoxy) is 4. The van der Waals surface area contributed by atoms with E-state index in [0.29, 0.717) is 62.0 Å². The fourth-order valence-electron chi connectivity index (χ4n) is 4.07. The minimum absolute atomic E-state index is 0.0133. The number of benzene rings is 2. The van der Waals surface area contributed by atoms with Crippen LogP contribution in [0.25, 0.3) is 6.08 Å². The van der Waals surface area contributed by atoms with E-state index in [0.717, 1.165) is 0 Å². The highest BCUT2D eigenvalue weighted by Gasteiger charge is 2.31. The fraction of sp³-hybridized carbons (Fsp3) is 0.296. The molecule has 1 aliphatic rings. The van der Waals surface area contributed by atoms with E-state index in [-0.39, 0.29) is 16.9 Å². The van der Waals surface area contributed by atoms with Crippen molar-refractivity contribution < 1.29 is 28.8 Å². The Kier molecular flexibility index (Phi) is 8.58. The predicted octanol–water partition coefficient (Wildman–Crippen LogP) is 3.68. The van der Waals surface area contributed by atoms with Gasteiger partial charge in [0, 0.05) is 10.7 Å². The fourth-order valence-corrected chi connectivity index (χ4v) is 5.47. The monoisotopic (exact) mass is 602 g/mol. The van der Waals surface area contributed by atoms with Crippen molar-refractivity contribution in [3.63, 3.8) is 0 Å². The van der Waals surface area contributed by atoms with Crippen LogP contribution < -0.4 is 29.1 Å². The quantitative estimate of drug-likeness (QED) is 0.372. The molecule has 0 aliphatic carbocycles. The smallest absolute Gasteiger partial charge is 0.337 e. The number of hydrogen-bond donors (Lipinski definition) is 1. The summed E-state index contributed by atoms with van der Waals surface area (Å²) < 4.78 is 24.4. The number of esters is 1. The van der Waals surface area contributed by atoms with E-state index >= 15 is 0 Å². The third-order valence-electron chi connectivity index (χ3n) is 5.67. The van der Waals surface area contributed by atoms with Crippen LogP contribution in [0.3, 0.4) is 0 Å². The predicted molar refractivity (Wildman–Crippen MR) is 147 cm³/mol. The summed E-state index contributed by atoms with van der Waals surface area (Å²) in [4.78, 5) is 31.4. The molecule has 0 fully saturated rings. The summed E-state index contributed by atoms with van der Waals surface area (Å²) in [6, 6.07) is 7.70. The van der Waals surface area contributed by atoms with E-state index in [1.165, 1.54) is 35.3 Å². The van der Waals surface area contributed by atoms with Crippen LogP contribution in [0.4, 0.5) is 0 Å². The molecule has 11 heteroatoms. The van der Waals surface area contributed by atoms with Crippen molar-refractivity contribution in [1.82, 2.24) is 4.57 Å². The molecule has 1 N–H and O–H groups in total. The number of phenolic OH excluding ortho intramolecular Hbond substituents is 1. The van der Waals surface area contributed by atoms with Gasteiger partial charge in [-0.3, -0.25) is 9.36 Å². The Hall–Kier alpha value is -3.57. The summed E-state index contributed by atoms with van der Waals surface area (Å²) in [5, 5.41) is 10.2. The van der Waals surface area contributed by atoms with Gasteiger partial charge in [0.1, 0.15) is 0 Å². The zero-order valence-corrected chi connectivity index (χ0v) is 23.7. The molecular formula is C27H27BrN2O7S. The first-order valence-corrected chi connectivity index (χ1v) is 13.6. The molecule has 1 atom stereocenters. The Balaban J connectivity index is 1.91. The lowest BCUT2D eigenvalue weighted by Crippen LogP contribution is -2.39. The average molecular weight is 603 g/mol. The maximum absolute atomic E-state index is 13.8. The first-order valence-electron chi connectivity index (χ1n) is 12.0. The molecule has 2 heterocycles. The Bertz CT molecular complexity index is 1580. The Morgan fingerprint density at radius 2 is 1.76 bits per heavy atom. The number of rotatable bonds is 9. The molecule has 1 aliphatic heterocycles. The van der Waals surface area contributed by atoms with Gasteiger partial charge in [-0.25, -0.2) is 9.79 Å². The van der Waals surface area contributed by atoms with Crippen LogP contribution in [0.1, 0.15) is 37.9 Å². The third kappa shape index (κ3) is 5.34. The molecule has 0 saturated carbocycles. The number of carbonyl (C=O) groups excluding carboxylic acids is 1. The van der Waals surface area contributed by atoms with Gasteiger partial charge in [0.15, 0.2) is 27.8 Å².